The molecule has 0 saturated heterocycles. The molecule has 1 rings (SSSR count). The van der Waals surface area contributed by atoms with Gasteiger partial charge in [-0.15, -0.1) is 13.2 Å². The van der Waals surface area contributed by atoms with Gasteiger partial charge in [0.05, 0.1) is 12.3 Å². The molecule has 5 nitrogen and oxygen atoms in total. The second-order valence-corrected chi connectivity index (χ2v) is 4.57. The molecule has 0 radical (unpaired) electrons. The van der Waals surface area contributed by atoms with Crippen molar-refractivity contribution in [1.29, 1.82) is 0 Å². The zero-order valence-corrected chi connectivity index (χ0v) is 12.7. The Morgan fingerprint density at radius 1 is 1.43 bits per heavy atom. The van der Waals surface area contributed by atoms with Crippen LogP contribution in [0, 0.1) is 0 Å². The molecule has 0 saturated carbocycles. The van der Waals surface area contributed by atoms with Crippen LogP contribution in [-0.2, 0) is 9.53 Å². The van der Waals surface area contributed by atoms with E-state index in [2.05, 4.69) is 31.2 Å². The number of hydrazone groups is 1. The van der Waals surface area contributed by atoms with Crippen LogP contribution in [-0.4, -0.2) is 24.7 Å². The van der Waals surface area contributed by atoms with Gasteiger partial charge in [-0.3, -0.25) is 5.43 Å². The van der Waals surface area contributed by atoms with Crippen molar-refractivity contribution in [2.45, 2.75) is 20.2 Å². The quantitative estimate of drug-likeness (QED) is 0.489. The molecule has 0 amide bonds. The van der Waals surface area contributed by atoms with E-state index in [-0.39, 0.29) is 18.1 Å². The smallest absolute Gasteiger partial charge is 0.461 e. The second-order valence-electron chi connectivity index (χ2n) is 3.72. The molecule has 0 aromatic heterocycles. The first-order valence-corrected chi connectivity index (χ1v) is 6.55. The highest BCUT2D eigenvalue weighted by molar-refractivity contribution is 9.10. The number of nitrogens with zero attached hydrogens (tertiary/aromatic N) is 1. The number of esters is 1. The van der Waals surface area contributed by atoms with Crippen molar-refractivity contribution in [3.05, 3.63) is 22.7 Å². The minimum atomic E-state index is -4.76. The van der Waals surface area contributed by atoms with Crippen LogP contribution in [0.15, 0.2) is 27.8 Å². The summed E-state index contributed by atoms with van der Waals surface area (Å²) in [5.41, 5.74) is 3.00. The van der Waals surface area contributed by atoms with Crippen LogP contribution >= 0.6 is 15.9 Å². The third-order valence-corrected chi connectivity index (χ3v) is 2.75. The zero-order chi connectivity index (χ0) is 16.0. The molecular weight excluding hydrogens is 357 g/mol. The van der Waals surface area contributed by atoms with Gasteiger partial charge in [-0.2, -0.15) is 5.10 Å². The number of halogens is 4. The second kappa shape index (κ2) is 7.30. The Kier molecular flexibility index (Phi) is 6.01. The summed E-state index contributed by atoms with van der Waals surface area (Å²) in [6.45, 7) is 3.33. The molecule has 0 spiro atoms. The first-order chi connectivity index (χ1) is 9.73. The highest BCUT2D eigenvalue weighted by atomic mass is 79.9. The molecule has 1 aromatic carbocycles. The van der Waals surface area contributed by atoms with E-state index in [0.717, 1.165) is 12.1 Å². The molecule has 116 valence electrons. The van der Waals surface area contributed by atoms with Gasteiger partial charge in [0.2, 0.25) is 0 Å². The predicted octanol–water partition coefficient (Wildman–Crippen LogP) is 3.70. The minimum absolute atomic E-state index is 0.0827. The molecule has 0 atom stereocenters. The Morgan fingerprint density at radius 2 is 2.10 bits per heavy atom. The number of hydrogen-bond acceptors (Lipinski definition) is 5. The fourth-order valence-corrected chi connectivity index (χ4v) is 1.66. The molecule has 0 aliphatic carbocycles. The summed E-state index contributed by atoms with van der Waals surface area (Å²) >= 11 is 3.08. The molecular formula is C12H12BrF3N2O3. The maximum absolute atomic E-state index is 12.1. The lowest BCUT2D eigenvalue weighted by Gasteiger charge is -2.11. The molecule has 0 unspecified atom stereocenters. The summed E-state index contributed by atoms with van der Waals surface area (Å²) in [7, 11) is 0. The molecule has 21 heavy (non-hydrogen) atoms. The Labute approximate surface area is 127 Å². The van der Waals surface area contributed by atoms with E-state index in [1.54, 1.807) is 6.92 Å². The van der Waals surface area contributed by atoms with E-state index in [1.807, 2.05) is 0 Å². The topological polar surface area (TPSA) is 59.9 Å². The number of hydrogen-bond donors (Lipinski definition) is 1. The lowest BCUT2D eigenvalue weighted by Crippen LogP contribution is -2.17. The Bertz CT molecular complexity index is 547. The number of rotatable bonds is 5. The van der Waals surface area contributed by atoms with E-state index in [1.165, 1.54) is 13.0 Å². The van der Waals surface area contributed by atoms with Crippen LogP contribution in [0.5, 0.6) is 5.75 Å². The van der Waals surface area contributed by atoms with Crippen LogP contribution in [0.2, 0.25) is 0 Å². The summed E-state index contributed by atoms with van der Waals surface area (Å²) in [6, 6.07) is 3.58. The number of benzene rings is 1. The number of nitrogens with one attached hydrogen (secondary N) is 1. The number of alkyl halides is 3. The highest BCUT2D eigenvalue weighted by Gasteiger charge is 2.31. The highest BCUT2D eigenvalue weighted by Crippen LogP contribution is 2.30. The normalized spacial score (nSPS) is 12.0. The lowest BCUT2D eigenvalue weighted by atomic mass is 10.3. The van der Waals surface area contributed by atoms with Crippen molar-refractivity contribution in [2.24, 2.45) is 5.10 Å². The van der Waals surface area contributed by atoms with Gasteiger partial charge in [-0.1, -0.05) is 0 Å². The average molecular weight is 369 g/mol. The average Bonchev–Trinajstić information content (AvgIpc) is 2.35. The minimum Gasteiger partial charge on any atom is -0.461 e. The Morgan fingerprint density at radius 3 is 2.62 bits per heavy atom. The third-order valence-electron chi connectivity index (χ3n) is 2.09. The fourth-order valence-electron chi connectivity index (χ4n) is 1.21. The number of ether oxygens (including phenoxy) is 2. The van der Waals surface area contributed by atoms with Crippen LogP contribution in [0.3, 0.4) is 0 Å². The van der Waals surface area contributed by atoms with E-state index >= 15 is 0 Å². The van der Waals surface area contributed by atoms with Crippen molar-refractivity contribution in [3.63, 3.8) is 0 Å². The number of carbonyl (C=O) groups excluding carboxylic acids is 1. The van der Waals surface area contributed by atoms with Gasteiger partial charge >= 0.3 is 12.3 Å². The molecule has 0 aliphatic heterocycles. The van der Waals surface area contributed by atoms with Gasteiger partial charge in [-0.25, -0.2) is 4.79 Å². The van der Waals surface area contributed by atoms with E-state index in [0.29, 0.717) is 10.2 Å². The Balaban J connectivity index is 2.77. The van der Waals surface area contributed by atoms with E-state index in [4.69, 9.17) is 4.74 Å². The van der Waals surface area contributed by atoms with Crippen LogP contribution in [0.1, 0.15) is 13.8 Å². The van der Waals surface area contributed by atoms with Crippen molar-refractivity contribution in [2.75, 3.05) is 12.0 Å². The first kappa shape index (κ1) is 17.3. The number of anilines is 1. The molecule has 0 fully saturated rings. The van der Waals surface area contributed by atoms with Crippen molar-refractivity contribution in [3.8, 4) is 5.75 Å². The summed E-state index contributed by atoms with van der Waals surface area (Å²) < 4.78 is 45.0. The lowest BCUT2D eigenvalue weighted by molar-refractivity contribution is -0.274. The van der Waals surface area contributed by atoms with Gasteiger partial charge in [0.1, 0.15) is 11.5 Å². The molecule has 9 heteroatoms. The molecule has 0 bridgehead atoms. The van der Waals surface area contributed by atoms with Gasteiger partial charge in [0, 0.05) is 4.47 Å². The SMILES string of the molecule is CCOC(=O)/C(C)=N\Nc1ccc(OC(F)(F)F)cc1Br. The predicted molar refractivity (Wildman–Crippen MR) is 74.2 cm³/mol. The zero-order valence-electron chi connectivity index (χ0n) is 11.1. The van der Waals surface area contributed by atoms with Crippen molar-refractivity contribution >= 4 is 33.3 Å². The first-order valence-electron chi connectivity index (χ1n) is 5.75. The van der Waals surface area contributed by atoms with Gasteiger partial charge in [0.25, 0.3) is 0 Å². The number of carbonyl (C=O) groups is 1. The fraction of sp³-hybridized carbons (Fsp3) is 0.333. The van der Waals surface area contributed by atoms with Crippen LogP contribution in [0.25, 0.3) is 0 Å². The van der Waals surface area contributed by atoms with Crippen molar-refractivity contribution in [1.82, 2.24) is 0 Å². The van der Waals surface area contributed by atoms with Crippen LogP contribution < -0.4 is 10.2 Å². The van der Waals surface area contributed by atoms with Gasteiger partial charge in [0.15, 0.2) is 0 Å². The van der Waals surface area contributed by atoms with E-state index < -0.39 is 12.3 Å². The van der Waals surface area contributed by atoms with E-state index in [9.17, 15) is 18.0 Å². The summed E-state index contributed by atoms with van der Waals surface area (Å²) in [5.74, 6) is -0.954. The molecule has 0 aliphatic rings. The molecule has 1 aromatic rings. The maximum atomic E-state index is 12.1. The van der Waals surface area contributed by atoms with Gasteiger partial charge < -0.3 is 9.47 Å². The van der Waals surface area contributed by atoms with Crippen LogP contribution in [0.4, 0.5) is 18.9 Å². The maximum Gasteiger partial charge on any atom is 0.573 e. The van der Waals surface area contributed by atoms with Gasteiger partial charge in [-0.05, 0) is 48.0 Å². The largest absolute Gasteiger partial charge is 0.573 e. The monoisotopic (exact) mass is 368 g/mol. The molecule has 1 N–H and O–H groups in total. The Hall–Kier alpha value is -1.77. The summed E-state index contributed by atoms with van der Waals surface area (Å²) in [6.07, 6.45) is -4.76. The third kappa shape index (κ3) is 6.03. The standard InChI is InChI=1S/C12H12BrF3N2O3/c1-3-20-11(19)7(2)17-18-10-5-4-8(6-9(10)13)21-12(14,15)16/h4-6,18H,3H2,1-2H3/b17-7-. The van der Waals surface area contributed by atoms with Crippen molar-refractivity contribution < 1.29 is 27.4 Å². The summed E-state index contributed by atoms with van der Waals surface area (Å²) in [5, 5.41) is 3.78. The summed E-state index contributed by atoms with van der Waals surface area (Å²) in [4.78, 5) is 11.3. The molecule has 0 heterocycles.